The number of rotatable bonds is 3. The fourth-order valence-electron chi connectivity index (χ4n) is 3.52. The zero-order valence-corrected chi connectivity index (χ0v) is 16.1. The summed E-state index contributed by atoms with van der Waals surface area (Å²) in [6, 6.07) is 14.8. The molecule has 2 aromatic carbocycles. The molecule has 0 N–H and O–H groups in total. The van der Waals surface area contributed by atoms with Crippen LogP contribution in [0.5, 0.6) is 0 Å². The van der Waals surface area contributed by atoms with Gasteiger partial charge in [-0.1, -0.05) is 18.2 Å². The third kappa shape index (κ3) is 2.79. The smallest absolute Gasteiger partial charge is 0.314 e. The minimum Gasteiger partial charge on any atom is -0.314 e. The predicted molar refractivity (Wildman–Crippen MR) is 111 cm³/mol. The maximum atomic E-state index is 13.0. The van der Waals surface area contributed by atoms with Gasteiger partial charge in [0.2, 0.25) is 0 Å². The molecular formula is C21H15N5O4. The molecule has 0 spiro atoms. The molecule has 0 amide bonds. The molecule has 0 atom stereocenters. The van der Waals surface area contributed by atoms with Gasteiger partial charge >= 0.3 is 5.69 Å². The average molecular weight is 401 g/mol. The number of aromatic nitrogens is 3. The fraction of sp³-hybridized carbons (Fsp3) is 0.0952. The van der Waals surface area contributed by atoms with Crippen LogP contribution >= 0.6 is 0 Å². The van der Waals surface area contributed by atoms with Crippen molar-refractivity contribution in [1.29, 1.82) is 5.26 Å². The standard InChI is InChI=1S/C21H15N5O4/c1-23-17-12-25(15-7-3-5-13(9-15)11-22)19(18(17)20(27)24(2)21(23)28)14-6-4-8-16(10-14)26(29)30/h3-10,12H,1-2H3. The zero-order valence-electron chi connectivity index (χ0n) is 16.1. The predicted octanol–water partition coefficient (Wildman–Crippen LogP) is 2.47. The lowest BCUT2D eigenvalue weighted by Crippen LogP contribution is -2.36. The highest BCUT2D eigenvalue weighted by Gasteiger charge is 2.21. The van der Waals surface area contributed by atoms with Crippen LogP contribution in [0.3, 0.4) is 0 Å². The van der Waals surface area contributed by atoms with Crippen LogP contribution in [0, 0.1) is 21.4 Å². The van der Waals surface area contributed by atoms with Crippen LogP contribution in [-0.2, 0) is 14.1 Å². The van der Waals surface area contributed by atoms with Gasteiger partial charge in [-0.25, -0.2) is 4.79 Å². The minimum atomic E-state index is -0.511. The number of benzene rings is 2. The van der Waals surface area contributed by atoms with E-state index in [1.165, 1.54) is 29.8 Å². The quantitative estimate of drug-likeness (QED) is 0.386. The highest BCUT2D eigenvalue weighted by molar-refractivity contribution is 5.95. The third-order valence-electron chi connectivity index (χ3n) is 5.02. The van der Waals surface area contributed by atoms with Crippen molar-refractivity contribution in [2.45, 2.75) is 0 Å². The van der Waals surface area contributed by atoms with Gasteiger partial charge in [-0.05, 0) is 18.2 Å². The van der Waals surface area contributed by atoms with Gasteiger partial charge < -0.3 is 4.57 Å². The topological polar surface area (TPSA) is 116 Å². The molecule has 9 nitrogen and oxygen atoms in total. The minimum absolute atomic E-state index is 0.124. The zero-order chi connectivity index (χ0) is 21.6. The number of nitro benzene ring substituents is 1. The van der Waals surface area contributed by atoms with Gasteiger partial charge in [0, 0.05) is 43.7 Å². The molecule has 0 unspecified atom stereocenters. The van der Waals surface area contributed by atoms with E-state index in [1.54, 1.807) is 48.1 Å². The highest BCUT2D eigenvalue weighted by atomic mass is 16.6. The summed E-state index contributed by atoms with van der Waals surface area (Å²) in [5, 5.41) is 20.8. The lowest BCUT2D eigenvalue weighted by Gasteiger charge is -2.10. The Morgan fingerprint density at radius 2 is 1.77 bits per heavy atom. The van der Waals surface area contributed by atoms with Gasteiger partial charge in [0.15, 0.2) is 0 Å². The van der Waals surface area contributed by atoms with Crippen LogP contribution in [0.1, 0.15) is 5.56 Å². The molecule has 0 aliphatic rings. The van der Waals surface area contributed by atoms with E-state index in [2.05, 4.69) is 6.07 Å². The number of nitrogens with zero attached hydrogens (tertiary/aromatic N) is 5. The molecule has 0 saturated heterocycles. The molecule has 2 heterocycles. The van der Waals surface area contributed by atoms with Crippen LogP contribution in [0.25, 0.3) is 27.8 Å². The van der Waals surface area contributed by atoms with Crippen LogP contribution < -0.4 is 11.2 Å². The Bertz CT molecular complexity index is 1500. The molecule has 0 aliphatic heterocycles. The molecule has 4 aromatic rings. The monoisotopic (exact) mass is 401 g/mol. The van der Waals surface area contributed by atoms with Crippen LogP contribution in [0.4, 0.5) is 5.69 Å². The largest absolute Gasteiger partial charge is 0.330 e. The Kier molecular flexibility index (Phi) is 4.32. The lowest BCUT2D eigenvalue weighted by molar-refractivity contribution is -0.384. The van der Waals surface area contributed by atoms with E-state index in [0.717, 1.165) is 4.57 Å². The van der Waals surface area contributed by atoms with Crippen molar-refractivity contribution in [1.82, 2.24) is 13.7 Å². The summed E-state index contributed by atoms with van der Waals surface area (Å²) in [5.41, 5.74) is 1.11. The van der Waals surface area contributed by atoms with E-state index in [0.29, 0.717) is 28.0 Å². The molecule has 0 bridgehead atoms. The Hall–Kier alpha value is -4.45. The number of nitriles is 1. The number of non-ortho nitro benzene ring substituents is 1. The van der Waals surface area contributed by atoms with Gasteiger partial charge in [0.25, 0.3) is 11.2 Å². The Labute approximate surface area is 169 Å². The summed E-state index contributed by atoms with van der Waals surface area (Å²) in [4.78, 5) is 36.2. The van der Waals surface area contributed by atoms with Crippen LogP contribution in [-0.4, -0.2) is 18.6 Å². The summed E-state index contributed by atoms with van der Waals surface area (Å²) in [6.45, 7) is 0. The van der Waals surface area contributed by atoms with E-state index in [9.17, 15) is 25.0 Å². The van der Waals surface area contributed by atoms with Gasteiger partial charge in [0.05, 0.1) is 33.2 Å². The maximum absolute atomic E-state index is 13.0. The van der Waals surface area contributed by atoms with Crippen molar-refractivity contribution in [3.63, 3.8) is 0 Å². The lowest BCUT2D eigenvalue weighted by atomic mass is 10.1. The number of nitro groups is 1. The number of hydrogen-bond donors (Lipinski definition) is 0. The molecule has 148 valence electrons. The van der Waals surface area contributed by atoms with Crippen molar-refractivity contribution in [3.8, 4) is 23.0 Å². The SMILES string of the molecule is Cn1c(=O)c2c(-c3cccc([N+](=O)[O-])c3)n(-c3cccc(C#N)c3)cc2n(C)c1=O. The van der Waals surface area contributed by atoms with Gasteiger partial charge in [-0.15, -0.1) is 0 Å². The third-order valence-corrected chi connectivity index (χ3v) is 5.02. The molecule has 0 aliphatic carbocycles. The second-order valence-electron chi connectivity index (χ2n) is 6.78. The van der Waals surface area contributed by atoms with Crippen molar-refractivity contribution in [3.05, 3.63) is 91.2 Å². The fourth-order valence-corrected chi connectivity index (χ4v) is 3.52. The molecule has 0 radical (unpaired) electrons. The van der Waals surface area contributed by atoms with Crippen molar-refractivity contribution >= 4 is 16.6 Å². The van der Waals surface area contributed by atoms with Crippen LogP contribution in [0.2, 0.25) is 0 Å². The second kappa shape index (κ2) is 6.86. The first-order chi connectivity index (χ1) is 14.3. The first-order valence-corrected chi connectivity index (χ1v) is 8.90. The number of hydrogen-bond acceptors (Lipinski definition) is 5. The molecular weight excluding hydrogens is 386 g/mol. The number of aryl methyl sites for hydroxylation is 1. The van der Waals surface area contributed by atoms with Gasteiger partial charge in [-0.2, -0.15) is 5.26 Å². The van der Waals surface area contributed by atoms with Crippen LogP contribution in [0.15, 0.2) is 64.3 Å². The van der Waals surface area contributed by atoms with E-state index in [1.807, 2.05) is 0 Å². The van der Waals surface area contributed by atoms with Crippen molar-refractivity contribution in [2.24, 2.45) is 14.1 Å². The second-order valence-corrected chi connectivity index (χ2v) is 6.78. The summed E-state index contributed by atoms with van der Waals surface area (Å²) in [6.07, 6.45) is 1.63. The summed E-state index contributed by atoms with van der Waals surface area (Å²) in [7, 11) is 2.94. The summed E-state index contributed by atoms with van der Waals surface area (Å²) >= 11 is 0. The van der Waals surface area contributed by atoms with E-state index in [4.69, 9.17) is 0 Å². The highest BCUT2D eigenvalue weighted by Crippen LogP contribution is 2.32. The summed E-state index contributed by atoms with van der Waals surface area (Å²) < 4.78 is 4.02. The molecule has 30 heavy (non-hydrogen) atoms. The van der Waals surface area contributed by atoms with Gasteiger partial charge in [-0.3, -0.25) is 24.0 Å². The first-order valence-electron chi connectivity index (χ1n) is 8.90. The first kappa shape index (κ1) is 18.9. The Balaban J connectivity index is 2.20. The van der Waals surface area contributed by atoms with E-state index < -0.39 is 16.2 Å². The van der Waals surface area contributed by atoms with Gasteiger partial charge in [0.1, 0.15) is 0 Å². The molecule has 0 fully saturated rings. The Morgan fingerprint density at radius 1 is 1.03 bits per heavy atom. The molecule has 9 heteroatoms. The van der Waals surface area contributed by atoms with Crippen molar-refractivity contribution in [2.75, 3.05) is 0 Å². The van der Waals surface area contributed by atoms with E-state index >= 15 is 0 Å². The molecule has 0 saturated carbocycles. The number of fused-ring (bicyclic) bond motifs is 1. The maximum Gasteiger partial charge on any atom is 0.330 e. The van der Waals surface area contributed by atoms with Crippen molar-refractivity contribution < 1.29 is 4.92 Å². The Morgan fingerprint density at radius 3 is 2.47 bits per heavy atom. The summed E-state index contributed by atoms with van der Waals surface area (Å²) in [5.74, 6) is 0. The molecule has 2 aromatic heterocycles. The normalized spacial score (nSPS) is 10.8. The average Bonchev–Trinajstić information content (AvgIpc) is 3.17. The van der Waals surface area contributed by atoms with E-state index in [-0.39, 0.29) is 11.1 Å². The molecule has 4 rings (SSSR count).